The minimum absolute atomic E-state index is 0.0484. The minimum Gasteiger partial charge on any atom is -0.497 e. The summed E-state index contributed by atoms with van der Waals surface area (Å²) in [5.74, 6) is 0.158. The first-order valence-electron chi connectivity index (χ1n) is 10.2. The van der Waals surface area contributed by atoms with Crippen LogP contribution in [-0.4, -0.2) is 25.0 Å². The van der Waals surface area contributed by atoms with Crippen molar-refractivity contribution in [1.82, 2.24) is 5.32 Å². The predicted molar refractivity (Wildman–Crippen MR) is 118 cm³/mol. The van der Waals surface area contributed by atoms with Crippen LogP contribution in [0.25, 0.3) is 0 Å². The Labute approximate surface area is 181 Å². The molecule has 2 aromatic carbocycles. The second-order valence-electron chi connectivity index (χ2n) is 8.40. The second kappa shape index (κ2) is 7.93. The van der Waals surface area contributed by atoms with Crippen LogP contribution in [0, 0.1) is 11.8 Å². The normalized spacial score (nSPS) is 24.8. The van der Waals surface area contributed by atoms with Gasteiger partial charge in [0, 0.05) is 17.3 Å². The Morgan fingerprint density at radius 3 is 2.67 bits per heavy atom. The number of benzene rings is 2. The minimum atomic E-state index is -1.13. The number of nitrogens with one attached hydrogen (secondary N) is 3. The van der Waals surface area contributed by atoms with Crippen molar-refractivity contribution in [3.63, 3.8) is 0 Å². The number of rotatable bonds is 5. The third-order valence-corrected chi connectivity index (χ3v) is 6.25. The summed E-state index contributed by atoms with van der Waals surface area (Å²) in [5.41, 5.74) is 0.856. The Balaban J connectivity index is 1.70. The Morgan fingerprint density at radius 1 is 1.27 bits per heavy atom. The molecule has 2 heterocycles. The van der Waals surface area contributed by atoms with Crippen molar-refractivity contribution in [1.29, 1.82) is 0 Å². The zero-order chi connectivity index (χ0) is 21.5. The highest BCUT2D eigenvalue weighted by Crippen LogP contribution is 2.49. The van der Waals surface area contributed by atoms with Gasteiger partial charge in [-0.15, -0.1) is 0 Å². The van der Waals surface area contributed by atoms with Gasteiger partial charge >= 0.3 is 0 Å². The van der Waals surface area contributed by atoms with Gasteiger partial charge in [0.05, 0.1) is 23.7 Å². The average Bonchev–Trinajstić information content (AvgIpc) is 3.22. The molecule has 1 saturated heterocycles. The molecule has 3 atom stereocenters. The highest BCUT2D eigenvalue weighted by Gasteiger charge is 2.60. The first-order valence-corrected chi connectivity index (χ1v) is 10.6. The van der Waals surface area contributed by atoms with Crippen LogP contribution < -0.4 is 20.7 Å². The highest BCUT2D eigenvalue weighted by molar-refractivity contribution is 6.35. The van der Waals surface area contributed by atoms with E-state index in [0.29, 0.717) is 34.5 Å². The Hall–Kier alpha value is -2.57. The number of halogens is 1. The predicted octanol–water partition coefficient (Wildman–Crippen LogP) is 4.16. The van der Waals surface area contributed by atoms with E-state index in [-0.39, 0.29) is 17.9 Å². The topological polar surface area (TPSA) is 79.5 Å². The molecule has 2 aliphatic rings. The standard InChI is InChI=1S/C23H26ClN3O3/c1-13(2)11-15-12-18(21(28)25-14-7-9-16(30-3)10-8-14)23(27-15)17-5-4-6-19(24)20(17)26-22(23)29/h4-10,13,15,18,27H,11-12H2,1-3H3,(H,25,28)(H,26,29)/t15-,18+,23-/m0/s1. The number of ether oxygens (including phenoxy) is 1. The van der Waals surface area contributed by atoms with E-state index in [1.54, 1.807) is 37.4 Å². The van der Waals surface area contributed by atoms with E-state index >= 15 is 0 Å². The SMILES string of the molecule is COc1ccc(NC(=O)[C@H]2C[C@H](CC(C)C)N[C@]23C(=O)Nc2c(Cl)cccc23)cc1. The Kier molecular flexibility index (Phi) is 5.47. The number of anilines is 2. The number of para-hydroxylation sites is 1. The van der Waals surface area contributed by atoms with Crippen LogP contribution in [0.15, 0.2) is 42.5 Å². The maximum Gasteiger partial charge on any atom is 0.250 e. The molecule has 0 radical (unpaired) electrons. The average molecular weight is 428 g/mol. The number of hydrogen-bond donors (Lipinski definition) is 3. The maximum absolute atomic E-state index is 13.4. The second-order valence-corrected chi connectivity index (χ2v) is 8.81. The third-order valence-electron chi connectivity index (χ3n) is 5.94. The summed E-state index contributed by atoms with van der Waals surface area (Å²) < 4.78 is 5.18. The molecule has 0 aromatic heterocycles. The van der Waals surface area contributed by atoms with Crippen LogP contribution >= 0.6 is 11.6 Å². The molecule has 4 rings (SSSR count). The van der Waals surface area contributed by atoms with E-state index in [9.17, 15) is 9.59 Å². The van der Waals surface area contributed by atoms with E-state index < -0.39 is 11.5 Å². The largest absolute Gasteiger partial charge is 0.497 e. The van der Waals surface area contributed by atoms with Crippen molar-refractivity contribution < 1.29 is 14.3 Å². The van der Waals surface area contributed by atoms with Crippen LogP contribution in [0.5, 0.6) is 5.75 Å². The fourth-order valence-corrected chi connectivity index (χ4v) is 4.90. The fraction of sp³-hybridized carbons (Fsp3) is 0.391. The van der Waals surface area contributed by atoms with Gasteiger partial charge in [-0.3, -0.25) is 14.9 Å². The van der Waals surface area contributed by atoms with Crippen LogP contribution in [-0.2, 0) is 15.1 Å². The van der Waals surface area contributed by atoms with E-state index in [0.717, 1.165) is 12.0 Å². The van der Waals surface area contributed by atoms with E-state index in [2.05, 4.69) is 29.8 Å². The molecule has 2 amide bonds. The highest BCUT2D eigenvalue weighted by atomic mass is 35.5. The number of methoxy groups -OCH3 is 1. The third kappa shape index (κ3) is 3.44. The molecule has 0 unspecified atom stereocenters. The van der Waals surface area contributed by atoms with E-state index in [1.165, 1.54) is 0 Å². The van der Waals surface area contributed by atoms with Crippen LogP contribution in [0.2, 0.25) is 5.02 Å². The summed E-state index contributed by atoms with van der Waals surface area (Å²) in [4.78, 5) is 26.7. The summed E-state index contributed by atoms with van der Waals surface area (Å²) in [5, 5.41) is 9.87. The molecular weight excluding hydrogens is 402 g/mol. The monoisotopic (exact) mass is 427 g/mol. The summed E-state index contributed by atoms with van der Waals surface area (Å²) in [6.45, 7) is 4.28. The maximum atomic E-state index is 13.4. The van der Waals surface area contributed by atoms with Gasteiger partial charge in [0.1, 0.15) is 11.3 Å². The van der Waals surface area contributed by atoms with E-state index in [4.69, 9.17) is 16.3 Å². The molecule has 158 valence electrons. The molecule has 1 spiro atoms. The molecule has 2 aliphatic heterocycles. The number of amides is 2. The van der Waals surface area contributed by atoms with Crippen molar-refractivity contribution in [2.45, 2.75) is 38.3 Å². The Morgan fingerprint density at radius 2 is 2.00 bits per heavy atom. The number of carbonyl (C=O) groups excluding carboxylic acids is 2. The smallest absolute Gasteiger partial charge is 0.250 e. The van der Waals surface area contributed by atoms with Gasteiger partial charge in [0.15, 0.2) is 0 Å². The van der Waals surface area contributed by atoms with Gasteiger partial charge in [0.2, 0.25) is 11.8 Å². The molecular formula is C23H26ClN3O3. The lowest BCUT2D eigenvalue weighted by Gasteiger charge is -2.29. The fourth-order valence-electron chi connectivity index (χ4n) is 4.68. The lowest BCUT2D eigenvalue weighted by atomic mass is 9.79. The van der Waals surface area contributed by atoms with Crippen molar-refractivity contribution >= 4 is 34.8 Å². The number of carbonyl (C=O) groups is 2. The quantitative estimate of drug-likeness (QED) is 0.669. The molecule has 3 N–H and O–H groups in total. The van der Waals surface area contributed by atoms with E-state index in [1.807, 2.05) is 12.1 Å². The molecule has 2 aromatic rings. The van der Waals surface area contributed by atoms with Gasteiger partial charge < -0.3 is 15.4 Å². The molecule has 6 nitrogen and oxygen atoms in total. The van der Waals surface area contributed by atoms with Crippen molar-refractivity contribution in [2.75, 3.05) is 17.7 Å². The number of hydrogen-bond acceptors (Lipinski definition) is 4. The van der Waals surface area contributed by atoms with Crippen molar-refractivity contribution in [2.24, 2.45) is 11.8 Å². The first kappa shape index (κ1) is 20.7. The van der Waals surface area contributed by atoms with Crippen LogP contribution in [0.4, 0.5) is 11.4 Å². The van der Waals surface area contributed by atoms with Gasteiger partial charge in [-0.25, -0.2) is 0 Å². The molecule has 0 aliphatic carbocycles. The van der Waals surface area contributed by atoms with Crippen LogP contribution in [0.3, 0.4) is 0 Å². The van der Waals surface area contributed by atoms with Crippen molar-refractivity contribution in [3.05, 3.63) is 53.1 Å². The van der Waals surface area contributed by atoms with Gasteiger partial charge in [-0.2, -0.15) is 0 Å². The summed E-state index contributed by atoms with van der Waals surface area (Å²) in [6, 6.07) is 12.6. The lowest BCUT2D eigenvalue weighted by Crippen LogP contribution is -2.52. The van der Waals surface area contributed by atoms with Gasteiger partial charge in [-0.05, 0) is 49.1 Å². The zero-order valence-corrected chi connectivity index (χ0v) is 18.0. The molecule has 0 bridgehead atoms. The molecule has 7 heteroatoms. The summed E-state index contributed by atoms with van der Waals surface area (Å²) >= 11 is 6.35. The zero-order valence-electron chi connectivity index (χ0n) is 17.3. The molecule has 30 heavy (non-hydrogen) atoms. The van der Waals surface area contributed by atoms with Crippen LogP contribution in [0.1, 0.15) is 32.3 Å². The molecule has 1 fully saturated rings. The summed E-state index contributed by atoms with van der Waals surface area (Å²) in [7, 11) is 1.59. The Bertz CT molecular complexity index is 976. The van der Waals surface area contributed by atoms with Crippen molar-refractivity contribution in [3.8, 4) is 5.75 Å². The van der Waals surface area contributed by atoms with Gasteiger partial charge in [0.25, 0.3) is 0 Å². The lowest BCUT2D eigenvalue weighted by molar-refractivity contribution is -0.130. The van der Waals surface area contributed by atoms with Gasteiger partial charge in [-0.1, -0.05) is 37.6 Å². The number of fused-ring (bicyclic) bond motifs is 2. The first-order chi connectivity index (χ1) is 14.3. The summed E-state index contributed by atoms with van der Waals surface area (Å²) in [6.07, 6.45) is 1.44. The molecule has 0 saturated carbocycles.